The van der Waals surface area contributed by atoms with Gasteiger partial charge in [-0.25, -0.2) is 0 Å². The summed E-state index contributed by atoms with van der Waals surface area (Å²) in [5.74, 6) is 8.50. The van der Waals surface area contributed by atoms with Crippen LogP contribution >= 0.6 is 11.8 Å². The van der Waals surface area contributed by atoms with Crippen LogP contribution < -0.4 is 0 Å². The van der Waals surface area contributed by atoms with Crippen LogP contribution in [0.4, 0.5) is 0 Å². The predicted octanol–water partition coefficient (Wildman–Crippen LogP) is 5.25. The average Bonchev–Trinajstić information content (AvgIpc) is 2.93. The first kappa shape index (κ1) is 19.9. The number of hydrogen-bond donors (Lipinski definition) is 0. The molecule has 0 spiro atoms. The summed E-state index contributed by atoms with van der Waals surface area (Å²) in [7, 11) is 0. The van der Waals surface area contributed by atoms with E-state index in [4.69, 9.17) is 6.42 Å². The van der Waals surface area contributed by atoms with Crippen LogP contribution in [0.25, 0.3) is 0 Å². The third kappa shape index (κ3) is 11.3. The van der Waals surface area contributed by atoms with Gasteiger partial charge in [-0.05, 0) is 5.41 Å². The van der Waals surface area contributed by atoms with Gasteiger partial charge in [0.05, 0.1) is 4.91 Å². The topological polar surface area (TPSA) is 0 Å². The van der Waals surface area contributed by atoms with Gasteiger partial charge >= 0.3 is 93.3 Å². The molecule has 0 aliphatic carbocycles. The summed E-state index contributed by atoms with van der Waals surface area (Å²) in [5, 5.41) is 1.65. The molecule has 1 heterocycles. The Bertz CT molecular complexity index is 520. The quantitative estimate of drug-likeness (QED) is 0.362. The molecule has 0 atom stereocenters. The van der Waals surface area contributed by atoms with Crippen LogP contribution in [0.5, 0.6) is 0 Å². The predicted molar refractivity (Wildman–Crippen MR) is 99.5 cm³/mol. The maximum atomic E-state index is 4.94. The summed E-state index contributed by atoms with van der Waals surface area (Å²) in [5.41, 5.74) is 1.53. The SMILES string of the molecule is C#CC(=C)SC=C.CC#Cc1cc(CCCCCC)c[se]1. The molecule has 112 valence electrons. The minimum absolute atomic E-state index is 0.531. The summed E-state index contributed by atoms with van der Waals surface area (Å²) in [4.78, 5) is 3.09. The summed E-state index contributed by atoms with van der Waals surface area (Å²) in [6.07, 6.45) is 11.6. The van der Waals surface area contributed by atoms with Crippen molar-refractivity contribution >= 4 is 26.3 Å². The average molecular weight is 363 g/mol. The monoisotopic (exact) mass is 364 g/mol. The fourth-order valence-electron chi connectivity index (χ4n) is 1.59. The van der Waals surface area contributed by atoms with E-state index in [9.17, 15) is 0 Å². The molecule has 0 aliphatic rings. The van der Waals surface area contributed by atoms with Gasteiger partial charge in [0.1, 0.15) is 0 Å². The molecule has 0 N–H and O–H groups in total. The van der Waals surface area contributed by atoms with Crippen molar-refractivity contribution in [3.8, 4) is 24.2 Å². The van der Waals surface area contributed by atoms with Crippen molar-refractivity contribution in [3.05, 3.63) is 44.5 Å². The third-order valence-corrected chi connectivity index (χ3v) is 5.05. The number of rotatable bonds is 7. The number of allylic oxidation sites excluding steroid dienone is 1. The van der Waals surface area contributed by atoms with Crippen LogP contribution in [-0.2, 0) is 6.42 Å². The maximum absolute atomic E-state index is 4.94. The first-order valence-electron chi connectivity index (χ1n) is 7.11. The molecular formula is C19H24SSe. The van der Waals surface area contributed by atoms with Crippen LogP contribution in [0.2, 0.25) is 0 Å². The second-order valence-corrected chi connectivity index (χ2v) is 7.33. The summed E-state index contributed by atoms with van der Waals surface area (Å²) in [6.45, 7) is 11.1. The van der Waals surface area contributed by atoms with Gasteiger partial charge in [-0.1, -0.05) is 30.8 Å². The Morgan fingerprint density at radius 3 is 2.71 bits per heavy atom. The summed E-state index contributed by atoms with van der Waals surface area (Å²) >= 11 is 1.90. The third-order valence-electron chi connectivity index (χ3n) is 2.61. The molecular weight excluding hydrogens is 339 g/mol. The number of thioether (sulfide) groups is 1. The van der Waals surface area contributed by atoms with Crippen LogP contribution in [-0.4, -0.2) is 14.5 Å². The van der Waals surface area contributed by atoms with Gasteiger partial charge in [0.25, 0.3) is 0 Å². The van der Waals surface area contributed by atoms with Gasteiger partial charge in [-0.2, -0.15) is 0 Å². The minimum atomic E-state index is 0.531. The van der Waals surface area contributed by atoms with Gasteiger partial charge < -0.3 is 0 Å². The Hall–Kier alpha value is -1.05. The van der Waals surface area contributed by atoms with E-state index in [0.29, 0.717) is 19.4 Å². The standard InChI is InChI=1S/C13H18Se.C6H6S/c1-3-5-6-7-9-12-10-13(8-4-2)14-11-12;1-4-6(3)7-5-2/h10-11H,3,5-7,9H2,1-2H3;1,5H,2-3H2. The second kappa shape index (κ2) is 13.9. The van der Waals surface area contributed by atoms with E-state index in [1.807, 2.05) is 6.92 Å². The number of terminal acetylenes is 1. The Labute approximate surface area is 140 Å². The van der Waals surface area contributed by atoms with E-state index >= 15 is 0 Å². The number of unbranched alkanes of at least 4 members (excludes halogenated alkanes) is 3. The Morgan fingerprint density at radius 2 is 2.19 bits per heavy atom. The first-order valence-corrected chi connectivity index (χ1v) is 9.83. The molecule has 0 aliphatic heterocycles. The van der Waals surface area contributed by atoms with Gasteiger partial charge in [0.15, 0.2) is 0 Å². The fraction of sp³-hybridized carbons (Fsp3) is 0.368. The normalized spacial score (nSPS) is 8.62. The molecule has 0 nitrogen and oxygen atoms in total. The Kier molecular flexibility index (Phi) is 13.2. The van der Waals surface area contributed by atoms with E-state index in [0.717, 1.165) is 0 Å². The van der Waals surface area contributed by atoms with E-state index < -0.39 is 0 Å². The molecule has 1 rings (SSSR count). The zero-order valence-corrected chi connectivity index (χ0v) is 15.6. The van der Waals surface area contributed by atoms with Gasteiger partial charge in [0.2, 0.25) is 0 Å². The molecule has 2 heteroatoms. The molecule has 0 saturated heterocycles. The van der Waals surface area contributed by atoms with Crippen molar-refractivity contribution < 1.29 is 0 Å². The molecule has 1 aromatic heterocycles. The molecule has 0 radical (unpaired) electrons. The molecule has 0 amide bonds. The van der Waals surface area contributed by atoms with Crippen LogP contribution in [0, 0.1) is 24.2 Å². The number of hydrogen-bond acceptors (Lipinski definition) is 1. The Balaban J connectivity index is 0.000000486. The zero-order valence-electron chi connectivity index (χ0n) is 13.1. The second-order valence-electron chi connectivity index (χ2n) is 4.36. The van der Waals surface area contributed by atoms with E-state index in [-0.39, 0.29) is 0 Å². The molecule has 0 fully saturated rings. The van der Waals surface area contributed by atoms with Gasteiger partial charge in [-0.15, -0.1) is 6.42 Å². The van der Waals surface area contributed by atoms with Crippen molar-refractivity contribution in [3.63, 3.8) is 0 Å². The molecule has 0 unspecified atom stereocenters. The van der Waals surface area contributed by atoms with Crippen molar-refractivity contribution in [1.82, 2.24) is 0 Å². The van der Waals surface area contributed by atoms with E-state index in [1.165, 1.54) is 53.9 Å². The van der Waals surface area contributed by atoms with Crippen LogP contribution in [0.15, 0.2) is 34.5 Å². The summed E-state index contributed by atoms with van der Waals surface area (Å²) in [6, 6.07) is 2.29. The fourth-order valence-corrected chi connectivity index (χ4v) is 3.63. The van der Waals surface area contributed by atoms with Crippen molar-refractivity contribution in [2.24, 2.45) is 0 Å². The van der Waals surface area contributed by atoms with Gasteiger partial charge in [-0.3, -0.25) is 0 Å². The van der Waals surface area contributed by atoms with Crippen LogP contribution in [0.1, 0.15) is 49.5 Å². The molecule has 0 bridgehead atoms. The molecule has 1 aromatic rings. The van der Waals surface area contributed by atoms with Gasteiger partial charge in [0, 0.05) is 0 Å². The zero-order chi connectivity index (χ0) is 15.9. The molecule has 0 aromatic carbocycles. The molecule has 0 saturated carbocycles. The first-order chi connectivity index (χ1) is 10.2. The van der Waals surface area contributed by atoms with Crippen molar-refractivity contribution in [1.29, 1.82) is 0 Å². The van der Waals surface area contributed by atoms with Crippen molar-refractivity contribution in [2.75, 3.05) is 0 Å². The molecule has 21 heavy (non-hydrogen) atoms. The van der Waals surface area contributed by atoms with E-state index in [2.05, 4.69) is 48.8 Å². The summed E-state index contributed by atoms with van der Waals surface area (Å²) < 4.78 is 1.35. The van der Waals surface area contributed by atoms with Crippen LogP contribution in [0.3, 0.4) is 0 Å². The number of aryl methyl sites for hydroxylation is 1. The van der Waals surface area contributed by atoms with E-state index in [1.54, 1.807) is 5.41 Å². The Morgan fingerprint density at radius 1 is 1.43 bits per heavy atom. The van der Waals surface area contributed by atoms with Crippen molar-refractivity contribution in [2.45, 2.75) is 46.0 Å².